The highest BCUT2D eigenvalue weighted by molar-refractivity contribution is 6.04. The maximum absolute atomic E-state index is 13.6. The number of hydrogen-bond acceptors (Lipinski definition) is 6. The zero-order valence-electron chi connectivity index (χ0n) is 20.6. The Kier molecular flexibility index (Phi) is 7.59. The van der Waals surface area contributed by atoms with Crippen molar-refractivity contribution in [1.29, 1.82) is 0 Å². The SMILES string of the molecule is C=C(NCC1=NC(C(F)(F)F)Cc2ccccc21)c1c(NC)nc(N2CCCC(N)C2)n1CC#CC. The van der Waals surface area contributed by atoms with E-state index in [1.807, 2.05) is 16.7 Å². The predicted molar refractivity (Wildman–Crippen MR) is 138 cm³/mol. The maximum Gasteiger partial charge on any atom is 0.411 e. The molecule has 2 atom stereocenters. The van der Waals surface area contributed by atoms with E-state index < -0.39 is 12.2 Å². The van der Waals surface area contributed by atoms with Gasteiger partial charge in [0, 0.05) is 38.2 Å². The molecule has 0 radical (unpaired) electrons. The summed E-state index contributed by atoms with van der Waals surface area (Å²) in [5, 5.41) is 6.34. The molecule has 0 amide bonds. The number of anilines is 2. The van der Waals surface area contributed by atoms with Crippen LogP contribution in [0.3, 0.4) is 0 Å². The normalized spacial score (nSPS) is 19.6. The minimum absolute atomic E-state index is 0.0648. The van der Waals surface area contributed by atoms with Crippen molar-refractivity contribution >= 4 is 23.2 Å². The van der Waals surface area contributed by atoms with Gasteiger partial charge in [-0.3, -0.25) is 9.56 Å². The number of rotatable bonds is 7. The number of nitrogens with two attached hydrogens (primary N) is 1. The van der Waals surface area contributed by atoms with Gasteiger partial charge >= 0.3 is 6.18 Å². The van der Waals surface area contributed by atoms with Crippen molar-refractivity contribution in [2.24, 2.45) is 10.7 Å². The summed E-state index contributed by atoms with van der Waals surface area (Å²) in [6.45, 7) is 7.98. The van der Waals surface area contributed by atoms with Crippen molar-refractivity contribution in [1.82, 2.24) is 14.9 Å². The van der Waals surface area contributed by atoms with E-state index in [0.717, 1.165) is 30.9 Å². The zero-order valence-corrected chi connectivity index (χ0v) is 20.6. The van der Waals surface area contributed by atoms with Gasteiger partial charge in [-0.05, 0) is 25.3 Å². The lowest BCUT2D eigenvalue weighted by atomic mass is 9.93. The molecule has 3 heterocycles. The molecule has 10 heteroatoms. The van der Waals surface area contributed by atoms with Crippen LogP contribution in [0.25, 0.3) is 5.70 Å². The van der Waals surface area contributed by atoms with Gasteiger partial charge in [0.1, 0.15) is 11.7 Å². The van der Waals surface area contributed by atoms with Crippen LogP contribution in [0, 0.1) is 11.8 Å². The van der Waals surface area contributed by atoms with Gasteiger partial charge in [0.05, 0.1) is 24.5 Å². The second-order valence-corrected chi connectivity index (χ2v) is 9.05. The molecule has 2 aromatic rings. The van der Waals surface area contributed by atoms with Crippen molar-refractivity contribution < 1.29 is 13.2 Å². The molecule has 192 valence electrons. The topological polar surface area (TPSA) is 83.5 Å². The van der Waals surface area contributed by atoms with Crippen molar-refractivity contribution in [2.45, 2.75) is 51.0 Å². The van der Waals surface area contributed by atoms with E-state index >= 15 is 0 Å². The zero-order chi connectivity index (χ0) is 25.9. The van der Waals surface area contributed by atoms with Crippen LogP contribution in [-0.2, 0) is 13.0 Å². The van der Waals surface area contributed by atoms with E-state index in [4.69, 9.17) is 10.7 Å². The molecule has 2 aliphatic heterocycles. The van der Waals surface area contributed by atoms with E-state index in [-0.39, 0.29) is 19.0 Å². The van der Waals surface area contributed by atoms with Crippen molar-refractivity contribution in [2.75, 3.05) is 36.9 Å². The van der Waals surface area contributed by atoms with Gasteiger partial charge in [-0.2, -0.15) is 18.2 Å². The van der Waals surface area contributed by atoms with E-state index in [0.29, 0.717) is 41.6 Å². The number of aliphatic imine (C=N–C) groups is 1. The van der Waals surface area contributed by atoms with Crippen LogP contribution in [0.1, 0.15) is 36.6 Å². The standard InChI is InChI=1S/C26H32F3N7/c1-4-5-13-36-23(24(31-3)34-25(36)35-12-8-10-19(30)16-35)17(2)32-15-21-20-11-7-6-9-18(20)14-22(33-21)26(27,28)29/h6-7,9,11,19,22,31-32H,2,8,10,12-16,30H2,1,3H3. The average molecular weight is 500 g/mol. The molecule has 1 saturated heterocycles. The first-order valence-electron chi connectivity index (χ1n) is 12.1. The Morgan fingerprint density at radius 2 is 2.08 bits per heavy atom. The number of nitrogens with one attached hydrogen (secondary N) is 2. The minimum Gasteiger partial charge on any atom is -0.378 e. The molecule has 1 fully saturated rings. The number of halogens is 3. The summed E-state index contributed by atoms with van der Waals surface area (Å²) in [7, 11) is 1.77. The van der Waals surface area contributed by atoms with Gasteiger partial charge in [0.25, 0.3) is 0 Å². The highest BCUT2D eigenvalue weighted by Gasteiger charge is 2.42. The van der Waals surface area contributed by atoms with Crippen molar-refractivity contribution in [3.8, 4) is 11.8 Å². The summed E-state index contributed by atoms with van der Waals surface area (Å²) in [6, 6.07) is 5.40. The van der Waals surface area contributed by atoms with Crippen LogP contribution in [0.15, 0.2) is 35.8 Å². The van der Waals surface area contributed by atoms with Crippen LogP contribution in [0.5, 0.6) is 0 Å². The summed E-state index contributed by atoms with van der Waals surface area (Å²) < 4.78 is 42.7. The third kappa shape index (κ3) is 5.36. The second-order valence-electron chi connectivity index (χ2n) is 9.05. The molecule has 2 aliphatic rings. The van der Waals surface area contributed by atoms with Crippen LogP contribution in [0.4, 0.5) is 24.9 Å². The Labute approximate surface area is 209 Å². The average Bonchev–Trinajstić information content (AvgIpc) is 3.23. The lowest BCUT2D eigenvalue weighted by Crippen LogP contribution is -2.44. The summed E-state index contributed by atoms with van der Waals surface area (Å²) >= 11 is 0. The van der Waals surface area contributed by atoms with Crippen molar-refractivity contribution in [3.63, 3.8) is 0 Å². The Bertz CT molecular complexity index is 1200. The fourth-order valence-electron chi connectivity index (χ4n) is 4.76. The molecular weight excluding hydrogens is 467 g/mol. The first-order valence-corrected chi connectivity index (χ1v) is 12.1. The molecule has 1 aromatic heterocycles. The fourth-order valence-corrected chi connectivity index (χ4v) is 4.76. The highest BCUT2D eigenvalue weighted by Crippen LogP contribution is 2.32. The smallest absolute Gasteiger partial charge is 0.378 e. The Hall–Kier alpha value is -3.45. The van der Waals surface area contributed by atoms with E-state index in [1.165, 1.54) is 0 Å². The number of nitrogens with zero attached hydrogens (tertiary/aromatic N) is 4. The monoisotopic (exact) mass is 499 g/mol. The number of benzene rings is 1. The molecule has 0 aliphatic carbocycles. The molecule has 4 rings (SSSR count). The first-order chi connectivity index (χ1) is 17.2. The minimum atomic E-state index is -4.41. The van der Waals surface area contributed by atoms with Crippen molar-refractivity contribution in [3.05, 3.63) is 47.7 Å². The van der Waals surface area contributed by atoms with Gasteiger partial charge in [-0.25, -0.2) is 0 Å². The van der Waals surface area contributed by atoms with Crippen LogP contribution in [-0.4, -0.2) is 60.2 Å². The summed E-state index contributed by atoms with van der Waals surface area (Å²) in [5.41, 5.74) is 9.15. The molecule has 7 nitrogen and oxygen atoms in total. The molecule has 0 spiro atoms. The molecule has 0 saturated carbocycles. The molecule has 36 heavy (non-hydrogen) atoms. The number of alkyl halides is 3. The number of hydrogen-bond donors (Lipinski definition) is 3. The number of piperidine rings is 1. The van der Waals surface area contributed by atoms with Crippen LogP contribution >= 0.6 is 0 Å². The van der Waals surface area contributed by atoms with E-state index in [1.54, 1.807) is 26.1 Å². The Balaban J connectivity index is 1.64. The quantitative estimate of drug-likeness (QED) is 0.509. The Morgan fingerprint density at radius 1 is 1.31 bits per heavy atom. The molecule has 0 bridgehead atoms. The van der Waals surface area contributed by atoms with Crippen LogP contribution < -0.4 is 21.3 Å². The summed E-state index contributed by atoms with van der Waals surface area (Å²) in [4.78, 5) is 11.0. The van der Waals surface area contributed by atoms with Gasteiger partial charge in [0.15, 0.2) is 5.82 Å². The molecule has 4 N–H and O–H groups in total. The number of aromatic nitrogens is 2. The van der Waals surface area contributed by atoms with Gasteiger partial charge < -0.3 is 21.3 Å². The number of imidazole rings is 1. The number of fused-ring (bicyclic) bond motifs is 1. The molecule has 1 aromatic carbocycles. The third-order valence-corrected chi connectivity index (χ3v) is 6.52. The first kappa shape index (κ1) is 25.6. The molecule has 2 unspecified atom stereocenters. The van der Waals surface area contributed by atoms with Gasteiger partial charge in [0.2, 0.25) is 5.95 Å². The Morgan fingerprint density at radius 3 is 2.78 bits per heavy atom. The largest absolute Gasteiger partial charge is 0.411 e. The fraction of sp³-hybridized carbons (Fsp3) is 0.462. The summed E-state index contributed by atoms with van der Waals surface area (Å²) in [6.07, 6.45) is -2.63. The third-order valence-electron chi connectivity index (χ3n) is 6.52. The van der Waals surface area contributed by atoms with Crippen LogP contribution in [0.2, 0.25) is 0 Å². The summed E-state index contributed by atoms with van der Waals surface area (Å²) in [5.74, 6) is 7.38. The van der Waals surface area contributed by atoms with Gasteiger partial charge in [-0.15, -0.1) is 5.92 Å². The van der Waals surface area contributed by atoms with E-state index in [2.05, 4.69) is 38.9 Å². The molecular formula is C26H32F3N7. The maximum atomic E-state index is 13.6. The predicted octanol–water partition coefficient (Wildman–Crippen LogP) is 3.41. The van der Waals surface area contributed by atoms with E-state index in [9.17, 15) is 13.2 Å². The lowest BCUT2D eigenvalue weighted by molar-refractivity contribution is -0.146. The lowest BCUT2D eigenvalue weighted by Gasteiger charge is -2.32. The van der Waals surface area contributed by atoms with Gasteiger partial charge in [-0.1, -0.05) is 36.8 Å². The second kappa shape index (κ2) is 10.7. The highest BCUT2D eigenvalue weighted by atomic mass is 19.4.